The first-order valence-electron chi connectivity index (χ1n) is 6.81. The van der Waals surface area contributed by atoms with Gasteiger partial charge < -0.3 is 9.73 Å². The number of nitrogens with zero attached hydrogens (tertiary/aromatic N) is 1. The third kappa shape index (κ3) is 3.61. The van der Waals surface area contributed by atoms with Gasteiger partial charge in [0.15, 0.2) is 0 Å². The maximum Gasteiger partial charge on any atom is 0.224 e. The molecule has 2 rings (SSSR count). The van der Waals surface area contributed by atoms with E-state index in [-0.39, 0.29) is 24.1 Å². The molecule has 1 aromatic heterocycles. The number of amides is 1. The van der Waals surface area contributed by atoms with Crippen molar-refractivity contribution in [1.29, 1.82) is 0 Å². The van der Waals surface area contributed by atoms with Crippen molar-refractivity contribution in [2.45, 2.75) is 26.3 Å². The van der Waals surface area contributed by atoms with Crippen LogP contribution in [0.4, 0.5) is 0 Å². The van der Waals surface area contributed by atoms with Crippen molar-refractivity contribution in [2.24, 2.45) is 5.92 Å². The molecule has 0 unspecified atom stereocenters. The van der Waals surface area contributed by atoms with Gasteiger partial charge in [0.1, 0.15) is 5.76 Å². The van der Waals surface area contributed by atoms with E-state index >= 15 is 0 Å². The van der Waals surface area contributed by atoms with E-state index in [2.05, 4.69) is 5.32 Å². The van der Waals surface area contributed by atoms with Crippen molar-refractivity contribution in [3.8, 4) is 0 Å². The predicted octanol–water partition coefficient (Wildman–Crippen LogP) is 0.957. The van der Waals surface area contributed by atoms with Crippen molar-refractivity contribution in [2.75, 3.05) is 18.8 Å². The van der Waals surface area contributed by atoms with Crippen molar-refractivity contribution in [3.05, 3.63) is 24.2 Å². The largest absolute Gasteiger partial charge is 0.467 e. The van der Waals surface area contributed by atoms with Gasteiger partial charge >= 0.3 is 0 Å². The van der Waals surface area contributed by atoms with Crippen LogP contribution < -0.4 is 5.32 Å². The Kier molecular flexibility index (Phi) is 4.82. The molecule has 20 heavy (non-hydrogen) atoms. The van der Waals surface area contributed by atoms with E-state index in [1.807, 2.05) is 0 Å². The van der Waals surface area contributed by atoms with Gasteiger partial charge in [-0.25, -0.2) is 12.7 Å². The Bertz CT molecular complexity index is 539. The molecule has 0 saturated carbocycles. The molecule has 1 amide bonds. The highest BCUT2D eigenvalue weighted by atomic mass is 32.2. The van der Waals surface area contributed by atoms with Crippen LogP contribution in [0.1, 0.15) is 25.5 Å². The summed E-state index contributed by atoms with van der Waals surface area (Å²) in [4.78, 5) is 12.1. The molecule has 0 aliphatic carbocycles. The minimum absolute atomic E-state index is 0.0771. The maximum atomic E-state index is 12.1. The summed E-state index contributed by atoms with van der Waals surface area (Å²) >= 11 is 0. The summed E-state index contributed by atoms with van der Waals surface area (Å²) in [5, 5.41) is 2.79. The summed E-state index contributed by atoms with van der Waals surface area (Å²) in [5.74, 6) is 0.373. The van der Waals surface area contributed by atoms with E-state index in [0.29, 0.717) is 18.8 Å². The van der Waals surface area contributed by atoms with Crippen LogP contribution in [-0.2, 0) is 21.4 Å². The van der Waals surface area contributed by atoms with Crippen LogP contribution >= 0.6 is 0 Å². The fraction of sp³-hybridized carbons (Fsp3) is 0.615. The number of piperidine rings is 1. The number of carbonyl (C=O) groups is 1. The van der Waals surface area contributed by atoms with Crippen LogP contribution in [0.25, 0.3) is 0 Å². The zero-order valence-corrected chi connectivity index (χ0v) is 12.4. The highest BCUT2D eigenvalue weighted by molar-refractivity contribution is 7.89. The van der Waals surface area contributed by atoms with E-state index in [1.165, 1.54) is 4.31 Å². The van der Waals surface area contributed by atoms with Gasteiger partial charge in [0.25, 0.3) is 0 Å². The quantitative estimate of drug-likeness (QED) is 0.878. The SMILES string of the molecule is CCS(=O)(=O)N1CCC[C@@H](C(=O)NCc2ccco2)C1. The average molecular weight is 300 g/mol. The number of hydrogen-bond acceptors (Lipinski definition) is 4. The lowest BCUT2D eigenvalue weighted by molar-refractivity contribution is -0.126. The van der Waals surface area contributed by atoms with Gasteiger partial charge in [-0.3, -0.25) is 4.79 Å². The molecule has 7 heteroatoms. The lowest BCUT2D eigenvalue weighted by Crippen LogP contribution is -2.45. The van der Waals surface area contributed by atoms with Crippen LogP contribution in [0, 0.1) is 5.92 Å². The monoisotopic (exact) mass is 300 g/mol. The van der Waals surface area contributed by atoms with E-state index in [0.717, 1.165) is 12.8 Å². The molecule has 6 nitrogen and oxygen atoms in total. The lowest BCUT2D eigenvalue weighted by Gasteiger charge is -2.30. The van der Waals surface area contributed by atoms with Crippen molar-refractivity contribution in [1.82, 2.24) is 9.62 Å². The Hall–Kier alpha value is -1.34. The summed E-state index contributed by atoms with van der Waals surface area (Å²) in [5.41, 5.74) is 0. The highest BCUT2D eigenvalue weighted by Crippen LogP contribution is 2.19. The van der Waals surface area contributed by atoms with Gasteiger partial charge in [-0.2, -0.15) is 0 Å². The fourth-order valence-electron chi connectivity index (χ4n) is 2.32. The number of hydrogen-bond donors (Lipinski definition) is 1. The predicted molar refractivity (Wildman–Crippen MR) is 74.3 cm³/mol. The molecule has 112 valence electrons. The molecule has 1 aromatic rings. The molecule has 0 radical (unpaired) electrons. The minimum atomic E-state index is -3.21. The summed E-state index contributed by atoms with van der Waals surface area (Å²) in [7, 11) is -3.21. The topological polar surface area (TPSA) is 79.6 Å². The molecular weight excluding hydrogens is 280 g/mol. The number of nitrogens with one attached hydrogen (secondary N) is 1. The average Bonchev–Trinajstić information content (AvgIpc) is 2.98. The van der Waals surface area contributed by atoms with Gasteiger partial charge in [0.05, 0.1) is 24.5 Å². The van der Waals surface area contributed by atoms with E-state index in [1.54, 1.807) is 25.3 Å². The Labute approximate surface area is 119 Å². The molecule has 1 fully saturated rings. The van der Waals surface area contributed by atoms with Crippen LogP contribution in [-0.4, -0.2) is 37.5 Å². The zero-order chi connectivity index (χ0) is 14.6. The molecule has 1 N–H and O–H groups in total. The van der Waals surface area contributed by atoms with Crippen LogP contribution in [0.15, 0.2) is 22.8 Å². The van der Waals surface area contributed by atoms with Crippen LogP contribution in [0.5, 0.6) is 0 Å². The first-order valence-corrected chi connectivity index (χ1v) is 8.41. The molecule has 1 aliphatic heterocycles. The van der Waals surface area contributed by atoms with Gasteiger partial charge in [0.2, 0.25) is 15.9 Å². The summed E-state index contributed by atoms with van der Waals surface area (Å²) in [6.07, 6.45) is 3.00. The fourth-order valence-corrected chi connectivity index (χ4v) is 3.50. The standard InChI is InChI=1S/C13H20N2O4S/c1-2-20(17,18)15-7-3-5-11(10-15)13(16)14-9-12-6-4-8-19-12/h4,6,8,11H,2-3,5,7,9-10H2,1H3,(H,14,16)/t11-/m1/s1. The third-order valence-corrected chi connectivity index (χ3v) is 5.38. The molecule has 1 saturated heterocycles. The van der Waals surface area contributed by atoms with Gasteiger partial charge in [0, 0.05) is 13.1 Å². The second-order valence-corrected chi connectivity index (χ2v) is 7.15. The second kappa shape index (κ2) is 6.41. The molecular formula is C13H20N2O4S. The molecule has 0 bridgehead atoms. The number of sulfonamides is 1. The van der Waals surface area contributed by atoms with Gasteiger partial charge in [-0.1, -0.05) is 0 Å². The second-order valence-electron chi connectivity index (χ2n) is 4.89. The number of rotatable bonds is 5. The van der Waals surface area contributed by atoms with E-state index in [9.17, 15) is 13.2 Å². The van der Waals surface area contributed by atoms with Gasteiger partial charge in [-0.15, -0.1) is 0 Å². The Balaban J connectivity index is 1.90. The number of furan rings is 1. The smallest absolute Gasteiger partial charge is 0.224 e. The summed E-state index contributed by atoms with van der Waals surface area (Å²) < 4.78 is 30.3. The highest BCUT2D eigenvalue weighted by Gasteiger charge is 2.31. The minimum Gasteiger partial charge on any atom is -0.467 e. The van der Waals surface area contributed by atoms with Crippen LogP contribution in [0.3, 0.4) is 0 Å². The lowest BCUT2D eigenvalue weighted by atomic mass is 9.99. The normalized spacial score (nSPS) is 20.8. The Morgan fingerprint density at radius 2 is 2.35 bits per heavy atom. The Morgan fingerprint density at radius 1 is 1.55 bits per heavy atom. The van der Waals surface area contributed by atoms with Crippen LogP contribution in [0.2, 0.25) is 0 Å². The number of carbonyl (C=O) groups excluding carboxylic acids is 1. The molecule has 2 heterocycles. The molecule has 1 atom stereocenters. The van der Waals surface area contributed by atoms with E-state index < -0.39 is 10.0 Å². The first-order chi connectivity index (χ1) is 9.53. The van der Waals surface area contributed by atoms with Crippen molar-refractivity contribution >= 4 is 15.9 Å². The summed E-state index contributed by atoms with van der Waals surface area (Å²) in [6, 6.07) is 3.55. The molecule has 0 aromatic carbocycles. The van der Waals surface area contributed by atoms with Gasteiger partial charge in [-0.05, 0) is 31.9 Å². The van der Waals surface area contributed by atoms with E-state index in [4.69, 9.17) is 4.42 Å². The zero-order valence-electron chi connectivity index (χ0n) is 11.5. The van der Waals surface area contributed by atoms with Crippen molar-refractivity contribution in [3.63, 3.8) is 0 Å². The summed E-state index contributed by atoms with van der Waals surface area (Å²) in [6.45, 7) is 2.75. The van der Waals surface area contributed by atoms with Crippen molar-refractivity contribution < 1.29 is 17.6 Å². The first kappa shape index (κ1) is 15.1. The maximum absolute atomic E-state index is 12.1. The third-order valence-electron chi connectivity index (χ3n) is 3.53. The Morgan fingerprint density at radius 3 is 3.00 bits per heavy atom. The molecule has 0 spiro atoms. The molecule has 1 aliphatic rings.